The number of carbonyl (C=O) groups is 3. The minimum absolute atomic E-state index is 0.163. The quantitative estimate of drug-likeness (QED) is 0.205. The van der Waals surface area contributed by atoms with Gasteiger partial charge in [-0.05, 0) is 73.3 Å². The molecular weight excluding hydrogens is 460 g/mol. The highest BCUT2D eigenvalue weighted by atomic mass is 16.6. The van der Waals surface area contributed by atoms with E-state index in [0.717, 1.165) is 31.3 Å². The number of aliphatic hydroxyl groups excluding tert-OH is 1. The van der Waals surface area contributed by atoms with Crippen LogP contribution in [0.1, 0.15) is 86.5 Å². The molecule has 0 spiro atoms. The number of rotatable bonds is 14. The fourth-order valence-corrected chi connectivity index (χ4v) is 4.46. The van der Waals surface area contributed by atoms with Gasteiger partial charge in [0.15, 0.2) is 11.4 Å². The van der Waals surface area contributed by atoms with E-state index in [1.54, 1.807) is 0 Å². The van der Waals surface area contributed by atoms with Gasteiger partial charge in [0.25, 0.3) is 0 Å². The number of Topliss-reactive ketones (excluding diaryl/α,β-unsaturated/α-hetero) is 1. The summed E-state index contributed by atoms with van der Waals surface area (Å²) in [6, 6.07) is 0. The van der Waals surface area contributed by atoms with Crippen molar-refractivity contribution in [2.24, 2.45) is 0 Å². The summed E-state index contributed by atoms with van der Waals surface area (Å²) >= 11 is 0. The van der Waals surface area contributed by atoms with Crippen LogP contribution in [0.3, 0.4) is 0 Å². The normalized spacial score (nSPS) is 25.4. The molecule has 1 heterocycles. The number of hydrogen-bond acceptors (Lipinski definition) is 7. The molecule has 0 bridgehead atoms. The molecule has 2 N–H and O–H groups in total. The molecule has 0 saturated carbocycles. The summed E-state index contributed by atoms with van der Waals surface area (Å²) in [5.74, 6) is -1.20. The second kappa shape index (κ2) is 12.7. The third-order valence-corrected chi connectivity index (χ3v) is 6.57. The Balaban J connectivity index is 1.85. The van der Waals surface area contributed by atoms with E-state index in [1.165, 1.54) is 31.1 Å². The van der Waals surface area contributed by atoms with Crippen LogP contribution in [0.25, 0.3) is 0 Å². The summed E-state index contributed by atoms with van der Waals surface area (Å²) in [5, 5.41) is 20.8. The number of ether oxygens (including phenoxy) is 2. The predicted octanol–water partition coefficient (Wildman–Crippen LogP) is 4.47. The molecule has 0 radical (unpaired) electrons. The van der Waals surface area contributed by atoms with Gasteiger partial charge in [-0.2, -0.15) is 0 Å². The van der Waals surface area contributed by atoms with Gasteiger partial charge in [0.2, 0.25) is 0 Å². The lowest BCUT2D eigenvalue weighted by Gasteiger charge is -2.23. The Labute approximate surface area is 214 Å². The standard InChI is InChI=1S/C29H42O7/c1-19(2)9-7-10-20(3)11-8-12-21(4)13-14-29-24(31)15-23(26(33)27(29)36-29)18-35-25(32)17-28(6,34)16-22(5)30/h9,11,13,15,26-27,33-34H,7-8,10,12,14,16-18H2,1-6H3/b20-11+,21-13+/t26-,27-,28?,29?/m1/s1. The van der Waals surface area contributed by atoms with Gasteiger partial charge in [0.1, 0.15) is 24.6 Å². The third kappa shape index (κ3) is 8.95. The number of epoxide rings is 1. The number of carbonyl (C=O) groups excluding carboxylic acids is 3. The molecule has 7 nitrogen and oxygen atoms in total. The Hall–Kier alpha value is -2.35. The van der Waals surface area contributed by atoms with Crippen molar-refractivity contribution in [3.8, 4) is 0 Å². The molecule has 200 valence electrons. The molecule has 1 aliphatic heterocycles. The van der Waals surface area contributed by atoms with Crippen molar-refractivity contribution in [2.45, 2.75) is 110 Å². The number of allylic oxidation sites excluding steroid dienone is 5. The van der Waals surface area contributed by atoms with E-state index in [1.807, 2.05) is 13.0 Å². The maximum atomic E-state index is 12.8. The molecule has 0 amide bonds. The molecular formula is C29H42O7. The first-order valence-corrected chi connectivity index (χ1v) is 12.7. The maximum Gasteiger partial charge on any atom is 0.309 e. The number of fused-ring (bicyclic) bond motifs is 1. The van der Waals surface area contributed by atoms with Gasteiger partial charge in [0, 0.05) is 18.4 Å². The van der Waals surface area contributed by atoms with Crippen molar-refractivity contribution in [1.82, 2.24) is 0 Å². The van der Waals surface area contributed by atoms with E-state index >= 15 is 0 Å². The molecule has 36 heavy (non-hydrogen) atoms. The lowest BCUT2D eigenvalue weighted by atomic mass is 9.84. The van der Waals surface area contributed by atoms with Gasteiger partial charge in [-0.3, -0.25) is 14.4 Å². The number of ketones is 2. The minimum Gasteiger partial charge on any atom is -0.461 e. The number of esters is 1. The number of hydrogen-bond donors (Lipinski definition) is 2. The Morgan fingerprint density at radius 2 is 1.67 bits per heavy atom. The highest BCUT2D eigenvalue weighted by molar-refractivity contribution is 6.02. The van der Waals surface area contributed by atoms with Crippen LogP contribution in [-0.2, 0) is 23.9 Å². The van der Waals surface area contributed by atoms with Crippen molar-refractivity contribution in [2.75, 3.05) is 6.61 Å². The summed E-state index contributed by atoms with van der Waals surface area (Å²) in [7, 11) is 0. The first-order chi connectivity index (χ1) is 16.8. The monoisotopic (exact) mass is 502 g/mol. The van der Waals surface area contributed by atoms with E-state index in [2.05, 4.69) is 32.9 Å². The van der Waals surface area contributed by atoms with Crippen LogP contribution in [0.5, 0.6) is 0 Å². The van der Waals surface area contributed by atoms with Gasteiger partial charge >= 0.3 is 5.97 Å². The zero-order chi connectivity index (χ0) is 27.1. The molecule has 2 aliphatic rings. The second-order valence-corrected chi connectivity index (χ2v) is 10.8. The molecule has 0 aromatic rings. The summed E-state index contributed by atoms with van der Waals surface area (Å²) in [4.78, 5) is 36.1. The summed E-state index contributed by atoms with van der Waals surface area (Å²) in [6.45, 7) is 10.8. The molecule has 4 atom stereocenters. The predicted molar refractivity (Wildman–Crippen MR) is 138 cm³/mol. The van der Waals surface area contributed by atoms with Crippen LogP contribution in [0.4, 0.5) is 0 Å². The van der Waals surface area contributed by atoms with Crippen LogP contribution in [0.2, 0.25) is 0 Å². The lowest BCUT2D eigenvalue weighted by Crippen LogP contribution is -2.38. The first kappa shape index (κ1) is 29.9. The summed E-state index contributed by atoms with van der Waals surface area (Å²) < 4.78 is 10.8. The molecule has 1 saturated heterocycles. The largest absolute Gasteiger partial charge is 0.461 e. The van der Waals surface area contributed by atoms with E-state index in [0.29, 0.717) is 6.42 Å². The topological polar surface area (TPSA) is 113 Å². The van der Waals surface area contributed by atoms with Crippen molar-refractivity contribution in [1.29, 1.82) is 0 Å². The van der Waals surface area contributed by atoms with Crippen LogP contribution >= 0.6 is 0 Å². The van der Waals surface area contributed by atoms with Crippen LogP contribution in [-0.4, -0.2) is 57.8 Å². The smallest absolute Gasteiger partial charge is 0.309 e. The van der Waals surface area contributed by atoms with E-state index in [9.17, 15) is 24.6 Å². The van der Waals surface area contributed by atoms with Crippen LogP contribution in [0.15, 0.2) is 46.6 Å². The fourth-order valence-electron chi connectivity index (χ4n) is 4.46. The van der Waals surface area contributed by atoms with E-state index in [4.69, 9.17) is 9.47 Å². The third-order valence-electron chi connectivity index (χ3n) is 6.57. The average Bonchev–Trinajstić information content (AvgIpc) is 3.49. The second-order valence-electron chi connectivity index (χ2n) is 10.8. The highest BCUT2D eigenvalue weighted by Crippen LogP contribution is 2.48. The molecule has 7 heteroatoms. The first-order valence-electron chi connectivity index (χ1n) is 12.7. The minimum atomic E-state index is -1.50. The molecule has 1 aliphatic carbocycles. The average molecular weight is 503 g/mol. The van der Waals surface area contributed by atoms with Gasteiger partial charge in [0.05, 0.1) is 12.0 Å². The Bertz CT molecular complexity index is 962. The van der Waals surface area contributed by atoms with Crippen molar-refractivity contribution in [3.63, 3.8) is 0 Å². The van der Waals surface area contributed by atoms with Crippen LogP contribution in [0, 0.1) is 0 Å². The molecule has 2 unspecified atom stereocenters. The summed E-state index contributed by atoms with van der Waals surface area (Å²) in [5.41, 5.74) is 1.59. The summed E-state index contributed by atoms with van der Waals surface area (Å²) in [6.07, 6.45) is 9.91. The van der Waals surface area contributed by atoms with Gasteiger partial charge in [-0.15, -0.1) is 0 Å². The molecule has 1 fully saturated rings. The Kier molecular flexibility index (Phi) is 10.6. The van der Waals surface area contributed by atoms with Crippen molar-refractivity contribution in [3.05, 3.63) is 46.6 Å². The van der Waals surface area contributed by atoms with Gasteiger partial charge in [-0.25, -0.2) is 0 Å². The molecule has 0 aromatic carbocycles. The Morgan fingerprint density at radius 1 is 1.06 bits per heavy atom. The number of aliphatic hydroxyl groups is 2. The lowest BCUT2D eigenvalue weighted by molar-refractivity contribution is -0.148. The van der Waals surface area contributed by atoms with Crippen LogP contribution < -0.4 is 0 Å². The Morgan fingerprint density at radius 3 is 2.28 bits per heavy atom. The van der Waals surface area contributed by atoms with E-state index < -0.39 is 29.4 Å². The zero-order valence-corrected chi connectivity index (χ0v) is 22.6. The molecule has 2 rings (SSSR count). The van der Waals surface area contributed by atoms with Gasteiger partial charge < -0.3 is 19.7 Å². The zero-order valence-electron chi connectivity index (χ0n) is 22.6. The van der Waals surface area contributed by atoms with Gasteiger partial charge in [-0.1, -0.05) is 34.9 Å². The molecule has 0 aromatic heterocycles. The SMILES string of the molecule is CC(=O)CC(C)(O)CC(=O)OCC1=CC(=O)C2(C/C=C(\C)CC/C=C(\C)CCC=C(C)C)O[C@@H]2[C@@H]1O. The fraction of sp³-hybridized carbons (Fsp3) is 0.621. The van der Waals surface area contributed by atoms with E-state index in [-0.39, 0.29) is 36.6 Å². The highest BCUT2D eigenvalue weighted by Gasteiger charge is 2.66. The van der Waals surface area contributed by atoms with Crippen molar-refractivity contribution < 1.29 is 34.1 Å². The van der Waals surface area contributed by atoms with Crippen molar-refractivity contribution >= 4 is 17.5 Å². The maximum absolute atomic E-state index is 12.8.